The Morgan fingerprint density at radius 3 is 2.88 bits per heavy atom. The average Bonchev–Trinajstić information content (AvgIpc) is 2.57. The number of aromatic nitrogens is 1. The summed E-state index contributed by atoms with van der Waals surface area (Å²) in [5.74, 6) is 0. The van der Waals surface area contributed by atoms with Gasteiger partial charge in [0.25, 0.3) is 0 Å². The maximum Gasteiger partial charge on any atom is 0.108 e. The summed E-state index contributed by atoms with van der Waals surface area (Å²) in [6, 6.07) is 8.16. The molecule has 0 bridgehead atoms. The maximum atomic E-state index is 9.28. The largest absolute Gasteiger partial charge is 0.392 e. The zero-order chi connectivity index (χ0) is 11.5. The minimum absolute atomic E-state index is 0.292. The highest BCUT2D eigenvalue weighted by molar-refractivity contribution is 7.18. The minimum Gasteiger partial charge on any atom is -0.392 e. The van der Waals surface area contributed by atoms with Crippen LogP contribution in [0.1, 0.15) is 11.9 Å². The lowest BCUT2D eigenvalue weighted by atomic mass is 10.3. The first-order valence-electron chi connectivity index (χ1n) is 5.36. The fraction of sp³-hybridized carbons (Fsp3) is 0.417. The van der Waals surface area contributed by atoms with Crippen molar-refractivity contribution in [3.05, 3.63) is 29.3 Å². The zero-order valence-corrected chi connectivity index (χ0v) is 10.4. The van der Waals surface area contributed by atoms with E-state index < -0.39 is 0 Å². The summed E-state index contributed by atoms with van der Waals surface area (Å²) in [4.78, 5) is 6.64. The molecule has 2 aromatic rings. The van der Waals surface area contributed by atoms with Crippen LogP contribution in [0.5, 0.6) is 0 Å². The molecule has 1 N–H and O–H groups in total. The molecule has 1 aromatic heterocycles. The first-order chi connectivity index (χ1) is 7.65. The number of hydrogen-bond acceptors (Lipinski definition) is 4. The second-order valence-corrected chi connectivity index (χ2v) is 5.24. The number of para-hydroxylation sites is 1. The number of hydrogen-bond donors (Lipinski definition) is 1. The molecular weight excluding hydrogens is 220 g/mol. The first-order valence-corrected chi connectivity index (χ1v) is 6.18. The van der Waals surface area contributed by atoms with Crippen LogP contribution in [0.15, 0.2) is 24.3 Å². The smallest absolute Gasteiger partial charge is 0.108 e. The van der Waals surface area contributed by atoms with Crippen molar-refractivity contribution in [2.45, 2.75) is 19.6 Å². The zero-order valence-electron chi connectivity index (χ0n) is 9.55. The molecular formula is C12H16N2OS. The van der Waals surface area contributed by atoms with E-state index in [4.69, 9.17) is 0 Å². The van der Waals surface area contributed by atoms with Gasteiger partial charge in [-0.2, -0.15) is 0 Å². The molecule has 0 amide bonds. The van der Waals surface area contributed by atoms with Crippen molar-refractivity contribution in [2.75, 3.05) is 13.6 Å². The SMILES string of the molecule is CC(O)CN(C)Cc1nc2ccccc2s1. The summed E-state index contributed by atoms with van der Waals surface area (Å²) in [7, 11) is 2.00. The van der Waals surface area contributed by atoms with Gasteiger partial charge in [-0.15, -0.1) is 11.3 Å². The van der Waals surface area contributed by atoms with Crippen LogP contribution < -0.4 is 0 Å². The Morgan fingerprint density at radius 1 is 1.44 bits per heavy atom. The lowest BCUT2D eigenvalue weighted by Crippen LogP contribution is -2.26. The molecule has 0 aliphatic carbocycles. The van der Waals surface area contributed by atoms with E-state index in [0.29, 0.717) is 6.54 Å². The summed E-state index contributed by atoms with van der Waals surface area (Å²) < 4.78 is 1.22. The minimum atomic E-state index is -0.292. The second kappa shape index (κ2) is 4.91. The van der Waals surface area contributed by atoms with E-state index in [1.807, 2.05) is 25.2 Å². The Labute approximate surface area is 99.4 Å². The van der Waals surface area contributed by atoms with Crippen LogP contribution >= 0.6 is 11.3 Å². The van der Waals surface area contributed by atoms with Crippen molar-refractivity contribution in [3.8, 4) is 0 Å². The Bertz CT molecular complexity index is 434. The van der Waals surface area contributed by atoms with E-state index in [-0.39, 0.29) is 6.10 Å². The third-order valence-corrected chi connectivity index (χ3v) is 3.34. The molecule has 0 radical (unpaired) electrons. The van der Waals surface area contributed by atoms with E-state index in [1.165, 1.54) is 4.70 Å². The monoisotopic (exact) mass is 236 g/mol. The number of aliphatic hydroxyl groups is 1. The first kappa shape index (κ1) is 11.5. The lowest BCUT2D eigenvalue weighted by molar-refractivity contribution is 0.138. The fourth-order valence-electron chi connectivity index (χ4n) is 1.73. The topological polar surface area (TPSA) is 36.4 Å². The van der Waals surface area contributed by atoms with Crippen LogP contribution in [0.25, 0.3) is 10.2 Å². The van der Waals surface area contributed by atoms with E-state index in [0.717, 1.165) is 17.1 Å². The summed E-state index contributed by atoms with van der Waals surface area (Å²) in [6.45, 7) is 3.27. The Morgan fingerprint density at radius 2 is 2.19 bits per heavy atom. The molecule has 0 fully saturated rings. The molecule has 0 spiro atoms. The quantitative estimate of drug-likeness (QED) is 0.883. The van der Waals surface area contributed by atoms with Gasteiger partial charge in [0.2, 0.25) is 0 Å². The molecule has 1 aromatic carbocycles. The van der Waals surface area contributed by atoms with Crippen LogP contribution in [0.3, 0.4) is 0 Å². The van der Waals surface area contributed by atoms with Gasteiger partial charge in [0.05, 0.1) is 22.9 Å². The van der Waals surface area contributed by atoms with E-state index >= 15 is 0 Å². The molecule has 0 aliphatic heterocycles. The molecule has 0 saturated heterocycles. The van der Waals surface area contributed by atoms with Crippen molar-refractivity contribution >= 4 is 21.6 Å². The van der Waals surface area contributed by atoms with Crippen LogP contribution in [0.2, 0.25) is 0 Å². The van der Waals surface area contributed by atoms with E-state index in [1.54, 1.807) is 18.3 Å². The van der Waals surface area contributed by atoms with Crippen molar-refractivity contribution < 1.29 is 5.11 Å². The summed E-state index contributed by atoms with van der Waals surface area (Å²) in [5, 5.41) is 10.4. The average molecular weight is 236 g/mol. The number of fused-ring (bicyclic) bond motifs is 1. The Balaban J connectivity index is 2.09. The molecule has 86 valence electrons. The second-order valence-electron chi connectivity index (χ2n) is 4.12. The van der Waals surface area contributed by atoms with Crippen molar-refractivity contribution in [2.24, 2.45) is 0 Å². The van der Waals surface area contributed by atoms with Crippen LogP contribution in [-0.4, -0.2) is 34.7 Å². The third kappa shape index (κ3) is 2.78. The Kier molecular flexibility index (Phi) is 3.53. The molecule has 4 heteroatoms. The standard InChI is InChI=1S/C12H16N2OS/c1-9(15)7-14(2)8-12-13-10-5-3-4-6-11(10)16-12/h3-6,9,15H,7-8H2,1-2H3. The predicted octanol–water partition coefficient (Wildman–Crippen LogP) is 2.11. The number of benzene rings is 1. The normalized spacial score (nSPS) is 13.5. The highest BCUT2D eigenvalue weighted by Crippen LogP contribution is 2.22. The number of likely N-dealkylation sites (N-methyl/N-ethyl adjacent to an activating group) is 1. The Hall–Kier alpha value is -0.970. The molecule has 0 aliphatic rings. The van der Waals surface area contributed by atoms with Gasteiger partial charge in [-0.3, -0.25) is 4.90 Å². The van der Waals surface area contributed by atoms with Crippen LogP contribution in [0, 0.1) is 0 Å². The highest BCUT2D eigenvalue weighted by atomic mass is 32.1. The van der Waals surface area contributed by atoms with Gasteiger partial charge < -0.3 is 5.11 Å². The lowest BCUT2D eigenvalue weighted by Gasteiger charge is -2.16. The van der Waals surface area contributed by atoms with Crippen LogP contribution in [0.4, 0.5) is 0 Å². The van der Waals surface area contributed by atoms with Gasteiger partial charge >= 0.3 is 0 Å². The summed E-state index contributed by atoms with van der Waals surface area (Å²) in [6.07, 6.45) is -0.292. The number of nitrogens with zero attached hydrogens (tertiary/aromatic N) is 2. The highest BCUT2D eigenvalue weighted by Gasteiger charge is 2.07. The van der Waals surface area contributed by atoms with Gasteiger partial charge in [-0.05, 0) is 26.1 Å². The molecule has 1 atom stereocenters. The van der Waals surface area contributed by atoms with Gasteiger partial charge in [-0.25, -0.2) is 4.98 Å². The van der Waals surface area contributed by atoms with Crippen molar-refractivity contribution in [1.29, 1.82) is 0 Å². The molecule has 3 nitrogen and oxygen atoms in total. The van der Waals surface area contributed by atoms with E-state index in [9.17, 15) is 5.11 Å². The molecule has 0 saturated carbocycles. The van der Waals surface area contributed by atoms with Gasteiger partial charge in [-0.1, -0.05) is 12.1 Å². The van der Waals surface area contributed by atoms with Gasteiger partial charge in [0.15, 0.2) is 0 Å². The molecule has 2 rings (SSSR count). The fourth-order valence-corrected chi connectivity index (χ4v) is 2.78. The maximum absolute atomic E-state index is 9.28. The number of thiazole rings is 1. The van der Waals surface area contributed by atoms with Crippen molar-refractivity contribution in [3.63, 3.8) is 0 Å². The van der Waals surface area contributed by atoms with Gasteiger partial charge in [0.1, 0.15) is 5.01 Å². The number of aliphatic hydroxyl groups excluding tert-OH is 1. The number of rotatable bonds is 4. The molecule has 1 heterocycles. The summed E-state index contributed by atoms with van der Waals surface area (Å²) >= 11 is 1.72. The summed E-state index contributed by atoms with van der Waals surface area (Å²) in [5.41, 5.74) is 1.06. The third-order valence-electron chi connectivity index (χ3n) is 2.32. The molecule has 1 unspecified atom stereocenters. The van der Waals surface area contributed by atoms with E-state index in [2.05, 4.69) is 16.0 Å². The van der Waals surface area contributed by atoms with Crippen molar-refractivity contribution in [1.82, 2.24) is 9.88 Å². The predicted molar refractivity (Wildman–Crippen MR) is 67.6 cm³/mol. The molecule has 16 heavy (non-hydrogen) atoms. The van der Waals surface area contributed by atoms with Gasteiger partial charge in [0, 0.05) is 6.54 Å². The van der Waals surface area contributed by atoms with Crippen LogP contribution in [-0.2, 0) is 6.54 Å².